The Morgan fingerprint density at radius 3 is 1.37 bits per heavy atom. The van der Waals surface area contributed by atoms with Crippen LogP contribution >= 0.6 is 0 Å². The summed E-state index contributed by atoms with van der Waals surface area (Å²) in [5, 5.41) is 9.57. The number of nitrogens with zero attached hydrogens (tertiary/aromatic N) is 4. The molecular formula is C48H30N4. The lowest BCUT2D eigenvalue weighted by Crippen LogP contribution is -2.04. The number of hydrogen-bond acceptors (Lipinski definition) is 2. The molecule has 242 valence electrons. The van der Waals surface area contributed by atoms with Crippen molar-refractivity contribution in [3.63, 3.8) is 0 Å². The van der Waals surface area contributed by atoms with Crippen LogP contribution in [0.1, 0.15) is 0 Å². The normalized spacial score (nSPS) is 11.8. The predicted molar refractivity (Wildman–Crippen MR) is 217 cm³/mol. The molecular weight excluding hydrogens is 633 g/mol. The molecule has 0 aliphatic carbocycles. The molecule has 0 spiro atoms. The Labute approximate surface area is 299 Å². The summed E-state index contributed by atoms with van der Waals surface area (Å²) in [7, 11) is 0. The zero-order valence-corrected chi connectivity index (χ0v) is 28.1. The molecule has 0 aliphatic rings. The van der Waals surface area contributed by atoms with Crippen molar-refractivity contribution in [3.8, 4) is 34.2 Å². The van der Waals surface area contributed by atoms with Gasteiger partial charge >= 0.3 is 0 Å². The minimum atomic E-state index is 0.638. The summed E-state index contributed by atoms with van der Waals surface area (Å²) in [6.07, 6.45) is 0. The quantitative estimate of drug-likeness (QED) is 0.188. The molecule has 0 unspecified atom stereocenters. The van der Waals surface area contributed by atoms with Gasteiger partial charge in [-0.2, -0.15) is 0 Å². The van der Waals surface area contributed by atoms with Gasteiger partial charge in [0.1, 0.15) is 0 Å². The van der Waals surface area contributed by atoms with Crippen LogP contribution in [-0.2, 0) is 0 Å². The third-order valence-electron chi connectivity index (χ3n) is 10.5. The Bertz CT molecular complexity index is 3050. The highest BCUT2D eigenvalue weighted by molar-refractivity contribution is 6.16. The van der Waals surface area contributed by atoms with E-state index in [-0.39, 0.29) is 0 Å². The van der Waals surface area contributed by atoms with Gasteiger partial charge in [0.25, 0.3) is 0 Å². The lowest BCUT2D eigenvalue weighted by Gasteiger charge is -2.13. The van der Waals surface area contributed by atoms with Crippen LogP contribution in [0.2, 0.25) is 0 Å². The number of hydrogen-bond donors (Lipinski definition) is 0. The topological polar surface area (TPSA) is 35.6 Å². The number of para-hydroxylation sites is 3. The lowest BCUT2D eigenvalue weighted by atomic mass is 10.0. The highest BCUT2D eigenvalue weighted by Gasteiger charge is 2.21. The van der Waals surface area contributed by atoms with Crippen LogP contribution < -0.4 is 0 Å². The summed E-state index contributed by atoms with van der Waals surface area (Å²) in [5.41, 5.74) is 9.47. The van der Waals surface area contributed by atoms with E-state index in [2.05, 4.69) is 191 Å². The minimum Gasteiger partial charge on any atom is -0.309 e. The van der Waals surface area contributed by atoms with Crippen LogP contribution in [0, 0.1) is 0 Å². The van der Waals surface area contributed by atoms with Crippen molar-refractivity contribution >= 4 is 65.2 Å². The van der Waals surface area contributed by atoms with E-state index in [1.807, 2.05) is 0 Å². The zero-order chi connectivity index (χ0) is 34.2. The van der Waals surface area contributed by atoms with Crippen LogP contribution in [0.4, 0.5) is 0 Å². The van der Waals surface area contributed by atoms with Crippen molar-refractivity contribution in [3.05, 3.63) is 182 Å². The summed E-state index contributed by atoms with van der Waals surface area (Å²) in [6.45, 7) is 0. The van der Waals surface area contributed by atoms with Crippen LogP contribution in [0.15, 0.2) is 182 Å². The van der Waals surface area contributed by atoms with E-state index in [1.54, 1.807) is 0 Å². The minimum absolute atomic E-state index is 0.638. The highest BCUT2D eigenvalue weighted by atomic mass is 15.2. The van der Waals surface area contributed by atoms with E-state index >= 15 is 0 Å². The van der Waals surface area contributed by atoms with Gasteiger partial charge in [-0.25, -0.2) is 9.97 Å². The van der Waals surface area contributed by atoms with Gasteiger partial charge in [-0.1, -0.05) is 133 Å². The average Bonchev–Trinajstić information content (AvgIpc) is 3.73. The maximum Gasteiger partial charge on any atom is 0.235 e. The van der Waals surface area contributed by atoms with Crippen molar-refractivity contribution < 1.29 is 0 Å². The second kappa shape index (κ2) is 11.2. The molecule has 0 fully saturated rings. The number of rotatable bonds is 4. The second-order valence-electron chi connectivity index (χ2n) is 13.5. The van der Waals surface area contributed by atoms with Crippen molar-refractivity contribution in [1.82, 2.24) is 19.1 Å². The predicted octanol–water partition coefficient (Wildman–Crippen LogP) is 12.3. The maximum absolute atomic E-state index is 5.38. The molecule has 11 rings (SSSR count). The Hall–Kier alpha value is -7.04. The summed E-state index contributed by atoms with van der Waals surface area (Å²) in [5.74, 6) is 0.638. The maximum atomic E-state index is 5.38. The Balaban J connectivity index is 1.22. The average molecular weight is 663 g/mol. The molecule has 8 aromatic carbocycles. The standard InChI is InChI=1S/C48H30N4/c1-3-14-33-28-35(26-24-31(33)12-1)40-30-41(36-27-25-32-13-2-4-15-34(32)29-36)50-48(49-40)52-44-21-10-7-18-39(44)47-45(22-11-23-46(47)52)51-42-19-8-5-16-37(42)38-17-6-9-20-43(38)51/h1-30H. The summed E-state index contributed by atoms with van der Waals surface area (Å²) in [4.78, 5) is 10.8. The molecule has 0 N–H and O–H groups in total. The number of fused-ring (bicyclic) bond motifs is 8. The Kier molecular flexibility index (Phi) is 6.22. The fourth-order valence-corrected chi connectivity index (χ4v) is 8.11. The monoisotopic (exact) mass is 662 g/mol. The van der Waals surface area contributed by atoms with E-state index in [4.69, 9.17) is 9.97 Å². The van der Waals surface area contributed by atoms with Gasteiger partial charge < -0.3 is 4.57 Å². The summed E-state index contributed by atoms with van der Waals surface area (Å²) >= 11 is 0. The first-order valence-corrected chi connectivity index (χ1v) is 17.7. The number of benzene rings is 8. The van der Waals surface area contributed by atoms with E-state index in [1.165, 1.54) is 43.4 Å². The van der Waals surface area contributed by atoms with Crippen LogP contribution in [0.25, 0.3) is 99.3 Å². The molecule has 0 aliphatic heterocycles. The lowest BCUT2D eigenvalue weighted by molar-refractivity contribution is 0.995. The Morgan fingerprint density at radius 2 is 0.788 bits per heavy atom. The largest absolute Gasteiger partial charge is 0.309 e. The summed E-state index contributed by atoms with van der Waals surface area (Å²) < 4.78 is 4.66. The van der Waals surface area contributed by atoms with E-state index in [0.29, 0.717) is 5.95 Å². The molecule has 0 saturated heterocycles. The van der Waals surface area contributed by atoms with Gasteiger partial charge in [0, 0.05) is 32.7 Å². The van der Waals surface area contributed by atoms with Gasteiger partial charge in [-0.3, -0.25) is 4.57 Å². The highest BCUT2D eigenvalue weighted by Crippen LogP contribution is 2.40. The molecule has 0 atom stereocenters. The molecule has 52 heavy (non-hydrogen) atoms. The first kappa shape index (κ1) is 28.8. The first-order valence-electron chi connectivity index (χ1n) is 17.7. The molecule has 0 amide bonds. The van der Waals surface area contributed by atoms with Crippen molar-refractivity contribution in [1.29, 1.82) is 0 Å². The van der Waals surface area contributed by atoms with Crippen LogP contribution in [0.5, 0.6) is 0 Å². The molecule has 3 heterocycles. The van der Waals surface area contributed by atoms with Crippen molar-refractivity contribution in [2.45, 2.75) is 0 Å². The van der Waals surface area contributed by atoms with Gasteiger partial charge in [0.15, 0.2) is 0 Å². The fraction of sp³-hybridized carbons (Fsp3) is 0. The molecule has 0 radical (unpaired) electrons. The molecule has 0 bridgehead atoms. The fourth-order valence-electron chi connectivity index (χ4n) is 8.11. The third kappa shape index (κ3) is 4.34. The first-order chi connectivity index (χ1) is 25.8. The molecule has 11 aromatic rings. The molecule has 4 nitrogen and oxygen atoms in total. The SMILES string of the molecule is c1ccc2cc(-c3cc(-c4ccc5ccccc5c4)nc(-n4c5ccccc5c5c(-n6c7ccccc7c7ccccc76)cccc54)n3)ccc2c1. The van der Waals surface area contributed by atoms with Crippen LogP contribution in [-0.4, -0.2) is 19.1 Å². The van der Waals surface area contributed by atoms with Crippen LogP contribution in [0.3, 0.4) is 0 Å². The van der Waals surface area contributed by atoms with Crippen molar-refractivity contribution in [2.75, 3.05) is 0 Å². The summed E-state index contributed by atoms with van der Waals surface area (Å²) in [6, 6.07) is 64.9. The van der Waals surface area contributed by atoms with Crippen molar-refractivity contribution in [2.24, 2.45) is 0 Å². The van der Waals surface area contributed by atoms with E-state index < -0.39 is 0 Å². The molecule has 3 aromatic heterocycles. The second-order valence-corrected chi connectivity index (χ2v) is 13.5. The zero-order valence-electron chi connectivity index (χ0n) is 28.1. The smallest absolute Gasteiger partial charge is 0.235 e. The van der Waals surface area contributed by atoms with Gasteiger partial charge in [-0.15, -0.1) is 0 Å². The van der Waals surface area contributed by atoms with Gasteiger partial charge in [0.2, 0.25) is 5.95 Å². The van der Waals surface area contributed by atoms with E-state index in [9.17, 15) is 0 Å². The molecule has 0 saturated carbocycles. The third-order valence-corrected chi connectivity index (χ3v) is 10.5. The molecule has 4 heteroatoms. The number of aromatic nitrogens is 4. The Morgan fingerprint density at radius 1 is 0.327 bits per heavy atom. The van der Waals surface area contributed by atoms with E-state index in [0.717, 1.165) is 50.0 Å². The van der Waals surface area contributed by atoms with Gasteiger partial charge in [-0.05, 0) is 70.1 Å². The van der Waals surface area contributed by atoms with Gasteiger partial charge in [0.05, 0.1) is 39.1 Å².